The summed E-state index contributed by atoms with van der Waals surface area (Å²) >= 11 is 3.29. The summed E-state index contributed by atoms with van der Waals surface area (Å²) in [5, 5.41) is 0.606. The zero-order valence-corrected chi connectivity index (χ0v) is 12.8. The van der Waals surface area contributed by atoms with E-state index in [0.29, 0.717) is 23.9 Å². The highest BCUT2D eigenvalue weighted by Crippen LogP contribution is 2.29. The van der Waals surface area contributed by atoms with E-state index in [4.69, 9.17) is 0 Å². The Balaban J connectivity index is 2.32. The standard InChI is InChI=1S/C12H13BrF3NO2S/c13-6-7-2-1-3-11(7)17-20(18,19)12-9(15)4-8(14)5-10(12)16/h4-5,7,11,17H,1-3,6H2. The number of hydrogen-bond donors (Lipinski definition) is 1. The molecule has 2 atom stereocenters. The molecule has 3 nitrogen and oxygen atoms in total. The average Bonchev–Trinajstić information content (AvgIpc) is 2.73. The van der Waals surface area contributed by atoms with Crippen molar-refractivity contribution in [1.29, 1.82) is 0 Å². The second-order valence-corrected chi connectivity index (χ2v) is 7.07. The van der Waals surface area contributed by atoms with Crippen molar-refractivity contribution in [3.8, 4) is 0 Å². The molecule has 112 valence electrons. The molecule has 0 radical (unpaired) electrons. The van der Waals surface area contributed by atoms with Crippen LogP contribution in [0.2, 0.25) is 0 Å². The molecule has 1 aliphatic carbocycles. The molecule has 2 rings (SSSR count). The molecule has 20 heavy (non-hydrogen) atoms. The fraction of sp³-hybridized carbons (Fsp3) is 0.500. The molecule has 8 heteroatoms. The number of sulfonamides is 1. The van der Waals surface area contributed by atoms with Crippen molar-refractivity contribution in [3.63, 3.8) is 0 Å². The minimum absolute atomic E-state index is 0.0799. The number of halogens is 4. The molecular formula is C12H13BrF3NO2S. The third-order valence-electron chi connectivity index (χ3n) is 3.40. The third kappa shape index (κ3) is 3.17. The van der Waals surface area contributed by atoms with Gasteiger partial charge < -0.3 is 0 Å². The Hall–Kier alpha value is -0.600. The van der Waals surface area contributed by atoms with Crippen LogP contribution < -0.4 is 4.72 Å². The first-order valence-electron chi connectivity index (χ1n) is 6.08. The van der Waals surface area contributed by atoms with Gasteiger partial charge in [0.25, 0.3) is 0 Å². The van der Waals surface area contributed by atoms with Gasteiger partial charge in [-0.05, 0) is 18.8 Å². The van der Waals surface area contributed by atoms with Crippen molar-refractivity contribution in [2.45, 2.75) is 30.2 Å². The highest BCUT2D eigenvalue weighted by Gasteiger charge is 2.33. The normalized spacial score (nSPS) is 23.2. The molecule has 1 N–H and O–H groups in total. The zero-order chi connectivity index (χ0) is 14.9. The Bertz CT molecular complexity index is 586. The highest BCUT2D eigenvalue weighted by atomic mass is 79.9. The lowest BCUT2D eigenvalue weighted by Crippen LogP contribution is -2.38. The number of benzene rings is 1. The van der Waals surface area contributed by atoms with Gasteiger partial charge in [-0.1, -0.05) is 22.4 Å². The van der Waals surface area contributed by atoms with E-state index in [-0.39, 0.29) is 12.0 Å². The van der Waals surface area contributed by atoms with Crippen LogP contribution in [0.1, 0.15) is 19.3 Å². The third-order valence-corrected chi connectivity index (χ3v) is 5.77. The van der Waals surface area contributed by atoms with Crippen molar-refractivity contribution in [2.75, 3.05) is 5.33 Å². The fourth-order valence-electron chi connectivity index (χ4n) is 2.42. The summed E-state index contributed by atoms with van der Waals surface area (Å²) in [4.78, 5) is -1.13. The SMILES string of the molecule is O=S(=O)(NC1CCCC1CBr)c1c(F)cc(F)cc1F. The number of nitrogens with one attached hydrogen (secondary N) is 1. The zero-order valence-electron chi connectivity index (χ0n) is 10.4. The Labute approximate surface area is 123 Å². The van der Waals surface area contributed by atoms with Crippen molar-refractivity contribution >= 4 is 26.0 Å². The van der Waals surface area contributed by atoms with Crippen LogP contribution >= 0.6 is 15.9 Å². The maximum atomic E-state index is 13.6. The van der Waals surface area contributed by atoms with Crippen LogP contribution in [0, 0.1) is 23.4 Å². The monoisotopic (exact) mass is 371 g/mol. The number of alkyl halides is 1. The molecule has 1 aromatic carbocycles. The number of hydrogen-bond acceptors (Lipinski definition) is 2. The lowest BCUT2D eigenvalue weighted by molar-refractivity contribution is 0.467. The summed E-state index contributed by atoms with van der Waals surface area (Å²) in [7, 11) is -4.35. The first kappa shape index (κ1) is 15.8. The van der Waals surface area contributed by atoms with Gasteiger partial charge in [-0.15, -0.1) is 0 Å². The van der Waals surface area contributed by atoms with E-state index in [2.05, 4.69) is 20.7 Å². The van der Waals surface area contributed by atoms with Crippen LogP contribution in [-0.2, 0) is 10.0 Å². The van der Waals surface area contributed by atoms with Gasteiger partial charge in [0.05, 0.1) is 0 Å². The van der Waals surface area contributed by atoms with Crippen molar-refractivity contribution in [1.82, 2.24) is 4.72 Å². The van der Waals surface area contributed by atoms with Crippen LogP contribution in [-0.4, -0.2) is 19.8 Å². The lowest BCUT2D eigenvalue weighted by atomic mass is 10.1. The summed E-state index contributed by atoms with van der Waals surface area (Å²) in [5.74, 6) is -3.93. The van der Waals surface area contributed by atoms with Crippen molar-refractivity contribution in [2.24, 2.45) is 5.92 Å². The summed E-state index contributed by atoms with van der Waals surface area (Å²) in [6, 6.07) is 0.339. The largest absolute Gasteiger partial charge is 0.246 e. The fourth-order valence-corrected chi connectivity index (χ4v) is 4.65. The molecule has 2 unspecified atom stereocenters. The van der Waals surface area contributed by atoms with Gasteiger partial charge in [0.1, 0.15) is 17.5 Å². The second-order valence-electron chi connectivity index (χ2n) is 4.77. The van der Waals surface area contributed by atoms with Gasteiger partial charge in [0.15, 0.2) is 4.90 Å². The second kappa shape index (κ2) is 6.03. The van der Waals surface area contributed by atoms with Gasteiger partial charge in [-0.3, -0.25) is 0 Å². The van der Waals surface area contributed by atoms with E-state index in [0.717, 1.165) is 12.8 Å². The maximum Gasteiger partial charge on any atom is 0.246 e. The van der Waals surface area contributed by atoms with Gasteiger partial charge in [0, 0.05) is 23.5 Å². The molecule has 0 aromatic heterocycles. The van der Waals surface area contributed by atoms with Crippen LogP contribution in [0.4, 0.5) is 13.2 Å². The molecule has 1 aromatic rings. The van der Waals surface area contributed by atoms with Gasteiger partial charge in [-0.2, -0.15) is 0 Å². The van der Waals surface area contributed by atoms with E-state index in [1.165, 1.54) is 0 Å². The van der Waals surface area contributed by atoms with Crippen molar-refractivity contribution in [3.05, 3.63) is 29.6 Å². The van der Waals surface area contributed by atoms with E-state index in [1.54, 1.807) is 0 Å². The summed E-state index contributed by atoms with van der Waals surface area (Å²) in [5.41, 5.74) is 0. The molecule has 1 aliphatic rings. The average molecular weight is 372 g/mol. The number of rotatable bonds is 4. The summed E-state index contributed by atoms with van der Waals surface area (Å²) in [6.45, 7) is 0. The summed E-state index contributed by atoms with van der Waals surface area (Å²) in [6.07, 6.45) is 2.30. The quantitative estimate of drug-likeness (QED) is 0.827. The Morgan fingerprint density at radius 2 is 1.80 bits per heavy atom. The van der Waals surface area contributed by atoms with Crippen LogP contribution in [0.5, 0.6) is 0 Å². The van der Waals surface area contributed by atoms with E-state index in [1.807, 2.05) is 0 Å². The van der Waals surface area contributed by atoms with Crippen LogP contribution in [0.3, 0.4) is 0 Å². The van der Waals surface area contributed by atoms with Gasteiger partial charge >= 0.3 is 0 Å². The Kier molecular flexibility index (Phi) is 4.76. The Morgan fingerprint density at radius 1 is 1.20 bits per heavy atom. The first-order chi connectivity index (χ1) is 9.35. The minimum atomic E-state index is -4.35. The molecule has 0 spiro atoms. The van der Waals surface area contributed by atoms with Crippen molar-refractivity contribution < 1.29 is 21.6 Å². The molecule has 1 saturated carbocycles. The van der Waals surface area contributed by atoms with Crippen LogP contribution in [0.15, 0.2) is 17.0 Å². The van der Waals surface area contributed by atoms with E-state index < -0.39 is 32.4 Å². The molecule has 1 fully saturated rings. The molecule has 0 bridgehead atoms. The predicted octanol–water partition coefficient (Wildman–Crippen LogP) is 2.95. The first-order valence-corrected chi connectivity index (χ1v) is 8.68. The van der Waals surface area contributed by atoms with E-state index in [9.17, 15) is 21.6 Å². The molecular weight excluding hydrogens is 359 g/mol. The molecule has 0 saturated heterocycles. The minimum Gasteiger partial charge on any atom is -0.208 e. The molecule has 0 heterocycles. The topological polar surface area (TPSA) is 46.2 Å². The van der Waals surface area contributed by atoms with Crippen LogP contribution in [0.25, 0.3) is 0 Å². The Morgan fingerprint density at radius 3 is 2.35 bits per heavy atom. The lowest BCUT2D eigenvalue weighted by Gasteiger charge is -2.19. The highest BCUT2D eigenvalue weighted by molar-refractivity contribution is 9.09. The molecule has 0 aliphatic heterocycles. The van der Waals surface area contributed by atoms with Gasteiger partial charge in [0.2, 0.25) is 10.0 Å². The summed E-state index contributed by atoms with van der Waals surface area (Å²) < 4.78 is 66.4. The smallest absolute Gasteiger partial charge is 0.208 e. The van der Waals surface area contributed by atoms with Gasteiger partial charge in [-0.25, -0.2) is 26.3 Å². The maximum absolute atomic E-state index is 13.6. The molecule has 0 amide bonds. The van der Waals surface area contributed by atoms with E-state index >= 15 is 0 Å². The predicted molar refractivity (Wildman–Crippen MR) is 71.6 cm³/mol.